The first-order valence-corrected chi connectivity index (χ1v) is 8.95. The van der Waals surface area contributed by atoms with Gasteiger partial charge in [-0.05, 0) is 39.3 Å². The van der Waals surface area contributed by atoms with Crippen LogP contribution in [0.15, 0.2) is 28.2 Å². The van der Waals surface area contributed by atoms with Crippen molar-refractivity contribution in [2.24, 2.45) is 0 Å². The Bertz CT molecular complexity index is 873. The summed E-state index contributed by atoms with van der Waals surface area (Å²) < 4.78 is 1.68. The van der Waals surface area contributed by atoms with E-state index < -0.39 is 0 Å². The van der Waals surface area contributed by atoms with E-state index in [0.717, 1.165) is 22.5 Å². The van der Waals surface area contributed by atoms with Gasteiger partial charge in [0.25, 0.3) is 5.56 Å². The smallest absolute Gasteiger partial charge is 0.257 e. The van der Waals surface area contributed by atoms with Crippen molar-refractivity contribution in [3.8, 4) is 0 Å². The van der Waals surface area contributed by atoms with Crippen LogP contribution in [0.1, 0.15) is 34.8 Å². The van der Waals surface area contributed by atoms with Crippen molar-refractivity contribution in [1.29, 1.82) is 0 Å². The molecule has 0 radical (unpaired) electrons. The maximum absolute atomic E-state index is 12.5. The van der Waals surface area contributed by atoms with Crippen LogP contribution < -0.4 is 10.9 Å². The molecular formula is C18H21N3O2S. The number of aryl methyl sites for hydroxylation is 3. The molecule has 1 N–H and O–H groups in total. The topological polar surface area (TPSA) is 64.0 Å². The molecule has 1 aliphatic rings. The van der Waals surface area contributed by atoms with Crippen LogP contribution in [0.2, 0.25) is 0 Å². The molecule has 0 fully saturated rings. The van der Waals surface area contributed by atoms with E-state index in [4.69, 9.17) is 0 Å². The summed E-state index contributed by atoms with van der Waals surface area (Å²) in [5.41, 5.74) is 4.40. The average molecular weight is 343 g/mol. The third-order valence-corrected chi connectivity index (χ3v) is 5.50. The standard InChI is InChI=1S/C18H21N3O2S/c1-10-5-6-15(11(2)7-10)20-16(22)8-14-9-24-18-19-13(4)12(3)17(23)21(14)18/h5-7,14H,8-9H2,1-4H3,(H,20,22). The molecule has 24 heavy (non-hydrogen) atoms. The van der Waals surface area contributed by atoms with E-state index in [9.17, 15) is 9.59 Å². The van der Waals surface area contributed by atoms with Gasteiger partial charge < -0.3 is 5.32 Å². The van der Waals surface area contributed by atoms with Crippen LogP contribution in [0, 0.1) is 27.7 Å². The number of rotatable bonds is 3. The quantitative estimate of drug-likeness (QED) is 0.870. The van der Waals surface area contributed by atoms with Crippen LogP contribution in [-0.2, 0) is 4.79 Å². The molecule has 5 nitrogen and oxygen atoms in total. The first-order chi connectivity index (χ1) is 11.4. The fourth-order valence-electron chi connectivity index (χ4n) is 2.89. The van der Waals surface area contributed by atoms with E-state index in [1.165, 1.54) is 11.8 Å². The molecule has 0 aliphatic carbocycles. The number of fused-ring (bicyclic) bond motifs is 1. The Kier molecular flexibility index (Phi) is 4.49. The van der Waals surface area contributed by atoms with Gasteiger partial charge in [0.1, 0.15) is 0 Å². The van der Waals surface area contributed by atoms with Crippen LogP contribution in [-0.4, -0.2) is 21.2 Å². The Morgan fingerprint density at radius 1 is 1.33 bits per heavy atom. The summed E-state index contributed by atoms with van der Waals surface area (Å²) in [6.07, 6.45) is 0.275. The Hall–Kier alpha value is -2.08. The molecule has 1 unspecified atom stereocenters. The van der Waals surface area contributed by atoms with Crippen LogP contribution in [0.3, 0.4) is 0 Å². The minimum atomic E-state index is -0.143. The number of nitrogens with zero attached hydrogens (tertiary/aromatic N) is 2. The zero-order valence-corrected chi connectivity index (χ0v) is 15.2. The summed E-state index contributed by atoms with van der Waals surface area (Å²) in [5, 5.41) is 3.67. The van der Waals surface area contributed by atoms with E-state index in [2.05, 4.69) is 10.3 Å². The van der Waals surface area contributed by atoms with Gasteiger partial charge in [-0.1, -0.05) is 29.5 Å². The molecule has 1 atom stereocenters. The Labute approximate surface area is 145 Å². The third-order valence-electron chi connectivity index (χ3n) is 4.40. The normalized spacial score (nSPS) is 16.1. The maximum Gasteiger partial charge on any atom is 0.257 e. The van der Waals surface area contributed by atoms with Crippen molar-refractivity contribution in [2.75, 3.05) is 11.1 Å². The summed E-state index contributed by atoms with van der Waals surface area (Å²) in [6.45, 7) is 7.63. The summed E-state index contributed by atoms with van der Waals surface area (Å²) in [5.74, 6) is 0.622. The number of hydrogen-bond donors (Lipinski definition) is 1. The van der Waals surface area contributed by atoms with Gasteiger partial charge in [0, 0.05) is 29.1 Å². The van der Waals surface area contributed by atoms with Crippen LogP contribution in [0.4, 0.5) is 5.69 Å². The van der Waals surface area contributed by atoms with Crippen molar-refractivity contribution in [3.63, 3.8) is 0 Å². The zero-order valence-electron chi connectivity index (χ0n) is 14.3. The lowest BCUT2D eigenvalue weighted by atomic mass is 10.1. The number of aromatic nitrogens is 2. The van der Waals surface area contributed by atoms with E-state index in [0.29, 0.717) is 16.5 Å². The van der Waals surface area contributed by atoms with Crippen LogP contribution in [0.25, 0.3) is 0 Å². The average Bonchev–Trinajstić information content (AvgIpc) is 2.90. The molecule has 3 rings (SSSR count). The van der Waals surface area contributed by atoms with E-state index in [1.807, 2.05) is 39.0 Å². The van der Waals surface area contributed by atoms with Gasteiger partial charge in [-0.15, -0.1) is 0 Å². The van der Waals surface area contributed by atoms with Gasteiger partial charge >= 0.3 is 0 Å². The van der Waals surface area contributed by atoms with Gasteiger partial charge in [0.15, 0.2) is 5.16 Å². The number of anilines is 1. The minimum absolute atomic E-state index is 0.0354. The van der Waals surface area contributed by atoms with Crippen molar-refractivity contribution < 1.29 is 4.79 Å². The second kappa shape index (κ2) is 6.43. The first kappa shape index (κ1) is 16.8. The van der Waals surface area contributed by atoms with Gasteiger partial charge in [-0.3, -0.25) is 14.2 Å². The molecule has 1 aromatic carbocycles. The lowest BCUT2D eigenvalue weighted by Gasteiger charge is -2.15. The molecular weight excluding hydrogens is 322 g/mol. The van der Waals surface area contributed by atoms with E-state index in [-0.39, 0.29) is 23.9 Å². The summed E-state index contributed by atoms with van der Waals surface area (Å²) in [6, 6.07) is 5.79. The number of hydrogen-bond acceptors (Lipinski definition) is 4. The molecule has 1 amide bonds. The van der Waals surface area contributed by atoms with Crippen molar-refractivity contribution >= 4 is 23.4 Å². The van der Waals surface area contributed by atoms with E-state index in [1.54, 1.807) is 11.5 Å². The predicted molar refractivity (Wildman–Crippen MR) is 96.9 cm³/mol. The number of amides is 1. The molecule has 1 aromatic heterocycles. The predicted octanol–water partition coefficient (Wildman–Crippen LogP) is 3.15. The minimum Gasteiger partial charge on any atom is -0.326 e. The molecule has 1 aliphatic heterocycles. The van der Waals surface area contributed by atoms with Crippen LogP contribution >= 0.6 is 11.8 Å². The lowest BCUT2D eigenvalue weighted by Crippen LogP contribution is -2.29. The highest BCUT2D eigenvalue weighted by Crippen LogP contribution is 2.32. The molecule has 0 spiro atoms. The Morgan fingerprint density at radius 3 is 2.79 bits per heavy atom. The highest BCUT2D eigenvalue weighted by Gasteiger charge is 2.28. The summed E-state index contributed by atoms with van der Waals surface area (Å²) in [7, 11) is 0. The molecule has 2 aromatic rings. The van der Waals surface area contributed by atoms with Crippen molar-refractivity contribution in [3.05, 3.63) is 50.9 Å². The molecule has 126 valence electrons. The summed E-state index contributed by atoms with van der Waals surface area (Å²) in [4.78, 5) is 29.4. The van der Waals surface area contributed by atoms with Gasteiger partial charge in [-0.2, -0.15) is 0 Å². The second-order valence-corrected chi connectivity index (χ2v) is 7.30. The Morgan fingerprint density at radius 2 is 2.08 bits per heavy atom. The third kappa shape index (κ3) is 3.11. The lowest BCUT2D eigenvalue weighted by molar-refractivity contribution is -0.116. The fourth-order valence-corrected chi connectivity index (χ4v) is 4.07. The largest absolute Gasteiger partial charge is 0.326 e. The Balaban J connectivity index is 1.78. The number of carbonyl (C=O) groups is 1. The number of carbonyl (C=O) groups excluding carboxylic acids is 1. The molecule has 0 saturated carbocycles. The molecule has 0 saturated heterocycles. The van der Waals surface area contributed by atoms with E-state index >= 15 is 0 Å². The molecule has 6 heteroatoms. The highest BCUT2D eigenvalue weighted by atomic mass is 32.2. The highest BCUT2D eigenvalue weighted by molar-refractivity contribution is 7.99. The number of nitrogens with one attached hydrogen (secondary N) is 1. The first-order valence-electron chi connectivity index (χ1n) is 7.96. The second-order valence-electron chi connectivity index (χ2n) is 6.32. The molecule has 2 heterocycles. The van der Waals surface area contributed by atoms with Crippen molar-refractivity contribution in [2.45, 2.75) is 45.3 Å². The number of benzene rings is 1. The molecule has 0 bridgehead atoms. The van der Waals surface area contributed by atoms with Crippen LogP contribution in [0.5, 0.6) is 0 Å². The van der Waals surface area contributed by atoms with Gasteiger partial charge in [-0.25, -0.2) is 4.98 Å². The SMILES string of the molecule is Cc1ccc(NC(=O)CC2CSc3nc(C)c(C)c(=O)n32)c(C)c1. The number of thioether (sulfide) groups is 1. The maximum atomic E-state index is 12.5. The van der Waals surface area contributed by atoms with Gasteiger partial charge in [0.2, 0.25) is 5.91 Å². The monoisotopic (exact) mass is 343 g/mol. The summed E-state index contributed by atoms with van der Waals surface area (Å²) >= 11 is 1.54. The van der Waals surface area contributed by atoms with Crippen molar-refractivity contribution in [1.82, 2.24) is 9.55 Å². The zero-order chi connectivity index (χ0) is 17.4. The van der Waals surface area contributed by atoms with Gasteiger partial charge in [0.05, 0.1) is 6.04 Å². The fraction of sp³-hybridized carbons (Fsp3) is 0.389.